The normalized spacial score (nSPS) is 14.1. The molecule has 1 aliphatic rings. The van der Waals surface area contributed by atoms with E-state index in [2.05, 4.69) is 62.3 Å². The Labute approximate surface area is 168 Å². The predicted octanol–water partition coefficient (Wildman–Crippen LogP) is 2.64. The van der Waals surface area contributed by atoms with Crippen molar-refractivity contribution in [2.75, 3.05) is 37.6 Å². The van der Waals surface area contributed by atoms with E-state index in [0.717, 1.165) is 31.2 Å². The van der Waals surface area contributed by atoms with Crippen LogP contribution in [0.5, 0.6) is 0 Å². The van der Waals surface area contributed by atoms with Gasteiger partial charge in [0, 0.05) is 38.4 Å². The van der Waals surface area contributed by atoms with Crippen LogP contribution in [0.15, 0.2) is 41.4 Å². The second-order valence-electron chi connectivity index (χ2n) is 7.60. The Bertz CT molecular complexity index is 686. The zero-order valence-electron chi connectivity index (χ0n) is 17.4. The molecule has 1 aliphatic heterocycles. The zero-order chi connectivity index (χ0) is 20.4. The summed E-state index contributed by atoms with van der Waals surface area (Å²) in [4.78, 5) is 18.6. The van der Waals surface area contributed by atoms with E-state index >= 15 is 0 Å². The fourth-order valence-corrected chi connectivity index (χ4v) is 2.71. The van der Waals surface area contributed by atoms with Crippen LogP contribution in [0.3, 0.4) is 0 Å². The van der Waals surface area contributed by atoms with Crippen LogP contribution in [0.4, 0.5) is 10.5 Å². The molecule has 0 saturated heterocycles. The summed E-state index contributed by atoms with van der Waals surface area (Å²) >= 11 is 0. The molecule has 1 heterocycles. The van der Waals surface area contributed by atoms with Crippen LogP contribution in [0.2, 0.25) is 0 Å². The number of hydrogen-bond acceptors (Lipinski definition) is 4. The highest BCUT2D eigenvalue weighted by atomic mass is 16.6. The molecular weight excluding hydrogens is 354 g/mol. The molecule has 28 heavy (non-hydrogen) atoms. The number of alkyl carbamates (subject to hydrolysis) is 1. The largest absolute Gasteiger partial charge is 0.444 e. The number of benzene rings is 1. The maximum Gasteiger partial charge on any atom is 0.407 e. The van der Waals surface area contributed by atoms with Gasteiger partial charge in [-0.05, 0) is 45.4 Å². The van der Waals surface area contributed by atoms with Gasteiger partial charge in [0.25, 0.3) is 0 Å². The van der Waals surface area contributed by atoms with Crippen molar-refractivity contribution in [1.82, 2.24) is 16.0 Å². The first kappa shape index (κ1) is 21.6. The summed E-state index contributed by atoms with van der Waals surface area (Å²) < 4.78 is 5.22. The third-order valence-corrected chi connectivity index (χ3v) is 3.94. The lowest BCUT2D eigenvalue weighted by Gasteiger charge is -2.20. The van der Waals surface area contributed by atoms with Gasteiger partial charge in [0.1, 0.15) is 5.60 Å². The van der Waals surface area contributed by atoms with Crippen LogP contribution in [0.1, 0.15) is 33.3 Å². The standard InChI is InChI=1S/C21H33N5O2/c1-5-22-19(23-11-12-24-20(27)28-21(2,3)4)25-16-17-9-8-10-18(15-17)26-13-6-7-14-26/h6-10,15H,5,11-14,16H2,1-4H3,(H,24,27)(H2,22,23,25). The number of nitrogens with zero attached hydrogens (tertiary/aromatic N) is 2. The highest BCUT2D eigenvalue weighted by Crippen LogP contribution is 2.18. The lowest BCUT2D eigenvalue weighted by atomic mass is 10.2. The van der Waals surface area contributed by atoms with Crippen molar-refractivity contribution >= 4 is 17.7 Å². The monoisotopic (exact) mass is 387 g/mol. The van der Waals surface area contributed by atoms with E-state index in [9.17, 15) is 4.79 Å². The van der Waals surface area contributed by atoms with Gasteiger partial charge in [-0.2, -0.15) is 0 Å². The molecule has 0 bridgehead atoms. The molecule has 154 valence electrons. The Balaban J connectivity index is 1.81. The van der Waals surface area contributed by atoms with Crippen molar-refractivity contribution in [3.05, 3.63) is 42.0 Å². The summed E-state index contributed by atoms with van der Waals surface area (Å²) in [5, 5.41) is 9.18. The Morgan fingerprint density at radius 3 is 2.54 bits per heavy atom. The van der Waals surface area contributed by atoms with E-state index < -0.39 is 11.7 Å². The van der Waals surface area contributed by atoms with Crippen LogP contribution in [0, 0.1) is 0 Å². The summed E-state index contributed by atoms with van der Waals surface area (Å²) in [6.45, 7) is 11.8. The van der Waals surface area contributed by atoms with E-state index in [0.29, 0.717) is 19.6 Å². The smallest absolute Gasteiger partial charge is 0.407 e. The number of rotatable bonds is 7. The molecule has 7 heteroatoms. The molecule has 0 fully saturated rings. The SMILES string of the molecule is CCNC(=NCc1cccc(N2CC=CC2)c1)NCCNC(=O)OC(C)(C)C. The molecule has 0 aliphatic carbocycles. The minimum absolute atomic E-state index is 0.413. The number of aliphatic imine (C=N–C) groups is 1. The Morgan fingerprint density at radius 1 is 1.14 bits per heavy atom. The van der Waals surface area contributed by atoms with Crippen molar-refractivity contribution < 1.29 is 9.53 Å². The molecule has 0 aromatic heterocycles. The number of carbonyl (C=O) groups excluding carboxylic acids is 1. The minimum atomic E-state index is -0.492. The third-order valence-electron chi connectivity index (χ3n) is 3.94. The lowest BCUT2D eigenvalue weighted by Crippen LogP contribution is -2.42. The molecule has 1 aromatic rings. The molecular formula is C21H33N5O2. The molecule has 0 radical (unpaired) electrons. The topological polar surface area (TPSA) is 78.0 Å². The number of amides is 1. The van der Waals surface area contributed by atoms with Crippen molar-refractivity contribution in [2.24, 2.45) is 4.99 Å². The lowest BCUT2D eigenvalue weighted by molar-refractivity contribution is 0.0529. The summed E-state index contributed by atoms with van der Waals surface area (Å²) in [6.07, 6.45) is 3.96. The van der Waals surface area contributed by atoms with E-state index in [1.807, 2.05) is 27.7 Å². The molecule has 1 aromatic carbocycles. The predicted molar refractivity (Wildman–Crippen MR) is 115 cm³/mol. The second kappa shape index (κ2) is 10.6. The summed E-state index contributed by atoms with van der Waals surface area (Å²) in [6, 6.07) is 8.48. The second-order valence-corrected chi connectivity index (χ2v) is 7.60. The van der Waals surface area contributed by atoms with Gasteiger partial charge in [-0.15, -0.1) is 0 Å². The van der Waals surface area contributed by atoms with Crippen LogP contribution in [-0.2, 0) is 11.3 Å². The Kier molecular flexibility index (Phi) is 8.17. The van der Waals surface area contributed by atoms with Crippen LogP contribution in [-0.4, -0.2) is 50.4 Å². The number of anilines is 1. The van der Waals surface area contributed by atoms with E-state index in [1.54, 1.807) is 0 Å². The molecule has 2 rings (SSSR count). The number of guanidine groups is 1. The van der Waals surface area contributed by atoms with Crippen molar-refractivity contribution in [3.63, 3.8) is 0 Å². The molecule has 3 N–H and O–H groups in total. The number of nitrogens with one attached hydrogen (secondary N) is 3. The maximum atomic E-state index is 11.7. The van der Waals surface area contributed by atoms with E-state index in [4.69, 9.17) is 4.74 Å². The first-order valence-electron chi connectivity index (χ1n) is 9.85. The average molecular weight is 388 g/mol. The molecule has 0 saturated carbocycles. The third kappa shape index (κ3) is 7.90. The summed E-state index contributed by atoms with van der Waals surface area (Å²) in [7, 11) is 0. The van der Waals surface area contributed by atoms with Gasteiger partial charge in [0.05, 0.1) is 6.54 Å². The fraction of sp³-hybridized carbons (Fsp3) is 0.524. The molecule has 7 nitrogen and oxygen atoms in total. The minimum Gasteiger partial charge on any atom is -0.444 e. The van der Waals surface area contributed by atoms with Gasteiger partial charge in [-0.1, -0.05) is 24.3 Å². The van der Waals surface area contributed by atoms with Crippen molar-refractivity contribution in [3.8, 4) is 0 Å². The van der Waals surface area contributed by atoms with E-state index in [1.165, 1.54) is 5.69 Å². The van der Waals surface area contributed by atoms with Gasteiger partial charge in [0.2, 0.25) is 0 Å². The van der Waals surface area contributed by atoms with Crippen LogP contribution in [0.25, 0.3) is 0 Å². The summed E-state index contributed by atoms with van der Waals surface area (Å²) in [5.41, 5.74) is 1.89. The quantitative estimate of drug-likeness (QED) is 0.290. The molecule has 0 unspecified atom stereocenters. The maximum absolute atomic E-state index is 11.7. The molecule has 0 atom stereocenters. The van der Waals surface area contributed by atoms with E-state index in [-0.39, 0.29) is 0 Å². The van der Waals surface area contributed by atoms with Crippen LogP contribution < -0.4 is 20.9 Å². The molecule has 1 amide bonds. The average Bonchev–Trinajstić information content (AvgIpc) is 3.16. The Morgan fingerprint density at radius 2 is 1.86 bits per heavy atom. The summed E-state index contributed by atoms with van der Waals surface area (Å²) in [5.74, 6) is 0.724. The van der Waals surface area contributed by atoms with Crippen molar-refractivity contribution in [1.29, 1.82) is 0 Å². The van der Waals surface area contributed by atoms with Gasteiger partial charge in [-0.3, -0.25) is 0 Å². The van der Waals surface area contributed by atoms with Crippen molar-refractivity contribution in [2.45, 2.75) is 39.8 Å². The first-order chi connectivity index (χ1) is 13.4. The number of hydrogen-bond donors (Lipinski definition) is 3. The highest BCUT2D eigenvalue weighted by molar-refractivity contribution is 5.79. The Hall–Kier alpha value is -2.70. The number of carbonyl (C=O) groups is 1. The van der Waals surface area contributed by atoms with Gasteiger partial charge in [0.15, 0.2) is 5.96 Å². The molecule has 0 spiro atoms. The van der Waals surface area contributed by atoms with Crippen LogP contribution >= 0.6 is 0 Å². The highest BCUT2D eigenvalue weighted by Gasteiger charge is 2.15. The number of ether oxygens (including phenoxy) is 1. The first-order valence-corrected chi connectivity index (χ1v) is 9.85. The van der Waals surface area contributed by atoms with Gasteiger partial charge >= 0.3 is 6.09 Å². The fourth-order valence-electron chi connectivity index (χ4n) is 2.71. The zero-order valence-corrected chi connectivity index (χ0v) is 17.4. The van der Waals surface area contributed by atoms with Gasteiger partial charge in [-0.25, -0.2) is 9.79 Å². The van der Waals surface area contributed by atoms with Gasteiger partial charge < -0.3 is 25.6 Å².